The molecule has 3 heterocycles. The van der Waals surface area contributed by atoms with Crippen LogP contribution in [0.5, 0.6) is 5.75 Å². The van der Waals surface area contributed by atoms with Gasteiger partial charge in [-0.2, -0.15) is 0 Å². The summed E-state index contributed by atoms with van der Waals surface area (Å²) in [4.78, 5) is 5.74. The van der Waals surface area contributed by atoms with E-state index in [4.69, 9.17) is 14.1 Å². The molecule has 5 aromatic rings. The zero-order chi connectivity index (χ0) is 15.4. The molecule has 0 saturated carbocycles. The molecule has 0 aliphatic heterocycles. The zero-order valence-corrected chi connectivity index (χ0v) is 13.1. The summed E-state index contributed by atoms with van der Waals surface area (Å²) in [7, 11) is 1.68. The fourth-order valence-electron chi connectivity index (χ4n) is 2.86. The molecule has 0 unspecified atom stereocenters. The maximum Gasteiger partial charge on any atom is 0.195 e. The smallest absolute Gasteiger partial charge is 0.195 e. The number of rotatable bonds is 2. The normalized spacial score (nSPS) is 11.7. The number of aromatic nitrogens is 2. The van der Waals surface area contributed by atoms with Gasteiger partial charge in [0.2, 0.25) is 0 Å². The van der Waals surface area contributed by atoms with E-state index in [9.17, 15) is 0 Å². The summed E-state index contributed by atoms with van der Waals surface area (Å²) in [6, 6.07) is 14.2. The van der Waals surface area contributed by atoms with Crippen molar-refractivity contribution in [3.8, 4) is 17.0 Å². The summed E-state index contributed by atoms with van der Waals surface area (Å²) in [5, 5.41) is 1.10. The third-order valence-electron chi connectivity index (χ3n) is 4.05. The van der Waals surface area contributed by atoms with Gasteiger partial charge in [0.15, 0.2) is 4.96 Å². The van der Waals surface area contributed by atoms with Crippen molar-refractivity contribution in [3.63, 3.8) is 0 Å². The molecule has 0 fully saturated rings. The first kappa shape index (κ1) is 12.7. The zero-order valence-electron chi connectivity index (χ0n) is 12.3. The first-order valence-electron chi connectivity index (χ1n) is 7.25. The first-order valence-corrected chi connectivity index (χ1v) is 8.07. The van der Waals surface area contributed by atoms with Gasteiger partial charge in [-0.3, -0.25) is 4.40 Å². The number of nitrogens with zero attached hydrogens (tertiary/aromatic N) is 2. The van der Waals surface area contributed by atoms with E-state index in [0.29, 0.717) is 0 Å². The monoisotopic (exact) mass is 320 g/mol. The Morgan fingerprint density at radius 3 is 3.00 bits per heavy atom. The van der Waals surface area contributed by atoms with Crippen LogP contribution in [0.4, 0.5) is 0 Å². The van der Waals surface area contributed by atoms with Crippen molar-refractivity contribution in [3.05, 3.63) is 54.9 Å². The van der Waals surface area contributed by atoms with Gasteiger partial charge in [0.05, 0.1) is 29.3 Å². The molecule has 0 amide bonds. The molecule has 5 heteroatoms. The SMILES string of the molecule is COc1ccc2c(c1)sc1nc(-c3ccc4ccoc4c3)cn12. The standard InChI is InChI=1S/C18H12N2O2S/c1-21-13-4-5-15-17(9-13)23-18-19-14(10-20(15)18)12-3-2-11-6-7-22-16(11)8-12/h2-10H,1H3. The van der Waals surface area contributed by atoms with Crippen molar-refractivity contribution < 1.29 is 9.15 Å². The van der Waals surface area contributed by atoms with Crippen LogP contribution in [-0.2, 0) is 0 Å². The fourth-order valence-corrected chi connectivity index (χ4v) is 3.90. The third-order valence-corrected chi connectivity index (χ3v) is 5.07. The Hall–Kier alpha value is -2.79. The van der Waals surface area contributed by atoms with Gasteiger partial charge >= 0.3 is 0 Å². The number of hydrogen-bond acceptors (Lipinski definition) is 4. The summed E-state index contributed by atoms with van der Waals surface area (Å²) in [6.45, 7) is 0. The first-order chi connectivity index (χ1) is 11.3. The van der Waals surface area contributed by atoms with Gasteiger partial charge < -0.3 is 9.15 Å². The van der Waals surface area contributed by atoms with Crippen molar-refractivity contribution in [2.45, 2.75) is 0 Å². The van der Waals surface area contributed by atoms with Crippen LogP contribution in [0.25, 0.3) is 37.4 Å². The molecular formula is C18H12N2O2S. The van der Waals surface area contributed by atoms with Crippen molar-refractivity contribution in [2.75, 3.05) is 7.11 Å². The largest absolute Gasteiger partial charge is 0.497 e. The number of hydrogen-bond donors (Lipinski definition) is 0. The van der Waals surface area contributed by atoms with E-state index in [2.05, 4.69) is 28.8 Å². The molecule has 2 aromatic carbocycles. The Morgan fingerprint density at radius 2 is 2.09 bits per heavy atom. The molecule has 0 saturated heterocycles. The molecule has 0 aliphatic rings. The lowest BCUT2D eigenvalue weighted by molar-refractivity contribution is 0.415. The molecule has 3 aromatic heterocycles. The van der Waals surface area contributed by atoms with E-state index in [1.54, 1.807) is 24.7 Å². The van der Waals surface area contributed by atoms with Crippen LogP contribution in [0.1, 0.15) is 0 Å². The van der Waals surface area contributed by atoms with Crippen LogP contribution >= 0.6 is 11.3 Å². The Morgan fingerprint density at radius 1 is 1.13 bits per heavy atom. The van der Waals surface area contributed by atoms with Crippen LogP contribution in [0, 0.1) is 0 Å². The van der Waals surface area contributed by atoms with Crippen molar-refractivity contribution in [1.82, 2.24) is 9.38 Å². The molecule has 0 spiro atoms. The number of imidazole rings is 1. The second-order valence-corrected chi connectivity index (χ2v) is 6.40. The Balaban J connectivity index is 1.70. The Kier molecular flexibility index (Phi) is 2.55. The minimum atomic E-state index is 0.866. The number of methoxy groups -OCH3 is 1. The number of benzene rings is 2. The number of furan rings is 1. The average Bonchev–Trinajstić information content (AvgIpc) is 3.26. The predicted octanol–water partition coefficient (Wildman–Crippen LogP) is 4.97. The molecule has 0 N–H and O–H groups in total. The Labute approximate surface area is 135 Å². The topological polar surface area (TPSA) is 39.7 Å². The quantitative estimate of drug-likeness (QED) is 0.461. The van der Waals surface area contributed by atoms with Crippen LogP contribution in [-0.4, -0.2) is 16.5 Å². The molecule has 0 radical (unpaired) electrons. The summed E-state index contributed by atoms with van der Waals surface area (Å²) < 4.78 is 14.1. The molecule has 0 bridgehead atoms. The molecular weight excluding hydrogens is 308 g/mol. The van der Waals surface area contributed by atoms with Crippen molar-refractivity contribution in [1.29, 1.82) is 0 Å². The summed E-state index contributed by atoms with van der Waals surface area (Å²) in [6.07, 6.45) is 3.78. The highest BCUT2D eigenvalue weighted by molar-refractivity contribution is 7.23. The van der Waals surface area contributed by atoms with Gasteiger partial charge in [0.25, 0.3) is 0 Å². The van der Waals surface area contributed by atoms with Crippen LogP contribution < -0.4 is 4.74 Å². The molecule has 0 atom stereocenters. The van der Waals surface area contributed by atoms with Gasteiger partial charge in [0.1, 0.15) is 11.3 Å². The lowest BCUT2D eigenvalue weighted by Crippen LogP contribution is -1.82. The van der Waals surface area contributed by atoms with E-state index in [1.165, 1.54) is 4.70 Å². The van der Waals surface area contributed by atoms with E-state index >= 15 is 0 Å². The predicted molar refractivity (Wildman–Crippen MR) is 92.3 cm³/mol. The lowest BCUT2D eigenvalue weighted by atomic mass is 10.1. The van der Waals surface area contributed by atoms with E-state index in [0.717, 1.165) is 38.5 Å². The summed E-state index contributed by atoms with van der Waals surface area (Å²) >= 11 is 1.66. The molecule has 112 valence electrons. The molecule has 5 rings (SSSR count). The van der Waals surface area contributed by atoms with Crippen LogP contribution in [0.2, 0.25) is 0 Å². The number of thiazole rings is 1. The van der Waals surface area contributed by atoms with Crippen molar-refractivity contribution >= 4 is 37.5 Å². The van der Waals surface area contributed by atoms with Crippen molar-refractivity contribution in [2.24, 2.45) is 0 Å². The van der Waals surface area contributed by atoms with Gasteiger partial charge in [-0.15, -0.1) is 0 Å². The molecule has 0 aliphatic carbocycles. The van der Waals surface area contributed by atoms with Gasteiger partial charge in [-0.25, -0.2) is 4.98 Å². The lowest BCUT2D eigenvalue weighted by Gasteiger charge is -1.98. The van der Waals surface area contributed by atoms with Gasteiger partial charge in [-0.05, 0) is 30.3 Å². The van der Waals surface area contributed by atoms with E-state index in [1.807, 2.05) is 24.3 Å². The Bertz CT molecular complexity index is 1170. The number of fused-ring (bicyclic) bond motifs is 4. The summed E-state index contributed by atoms with van der Waals surface area (Å²) in [5.41, 5.74) is 4.04. The highest BCUT2D eigenvalue weighted by Crippen LogP contribution is 2.32. The minimum absolute atomic E-state index is 0.866. The van der Waals surface area contributed by atoms with Crippen LogP contribution in [0.3, 0.4) is 0 Å². The van der Waals surface area contributed by atoms with Crippen LogP contribution in [0.15, 0.2) is 59.3 Å². The highest BCUT2D eigenvalue weighted by atomic mass is 32.1. The highest BCUT2D eigenvalue weighted by Gasteiger charge is 2.11. The summed E-state index contributed by atoms with van der Waals surface area (Å²) in [5.74, 6) is 0.866. The molecule has 23 heavy (non-hydrogen) atoms. The van der Waals surface area contributed by atoms with Gasteiger partial charge in [-0.1, -0.05) is 23.5 Å². The molecule has 4 nitrogen and oxygen atoms in total. The van der Waals surface area contributed by atoms with E-state index < -0.39 is 0 Å². The van der Waals surface area contributed by atoms with E-state index in [-0.39, 0.29) is 0 Å². The minimum Gasteiger partial charge on any atom is -0.497 e. The maximum atomic E-state index is 5.49. The fraction of sp³-hybridized carbons (Fsp3) is 0.0556. The maximum absolute atomic E-state index is 5.49. The third kappa shape index (κ3) is 1.87. The number of ether oxygens (including phenoxy) is 1. The second kappa shape index (κ2) is 4.60. The average molecular weight is 320 g/mol. The second-order valence-electron chi connectivity index (χ2n) is 5.39. The van der Waals surface area contributed by atoms with Gasteiger partial charge in [0, 0.05) is 17.1 Å².